The van der Waals surface area contributed by atoms with Gasteiger partial charge in [0.2, 0.25) is 5.91 Å². The van der Waals surface area contributed by atoms with Crippen LogP contribution in [0.15, 0.2) is 23.1 Å². The molecule has 15 heavy (non-hydrogen) atoms. The van der Waals surface area contributed by atoms with Crippen LogP contribution in [-0.4, -0.2) is 17.7 Å². The van der Waals surface area contributed by atoms with Crippen LogP contribution in [0, 0.1) is 5.82 Å². The fourth-order valence-corrected chi connectivity index (χ4v) is 1.78. The quantitative estimate of drug-likeness (QED) is 0.511. The summed E-state index contributed by atoms with van der Waals surface area (Å²) in [6.07, 6.45) is 0. The normalized spacial score (nSPS) is 12.4. The molecule has 1 unspecified atom stereocenters. The maximum absolute atomic E-state index is 13.2. The average Bonchev–Trinajstić information content (AvgIpc) is 2.15. The van der Waals surface area contributed by atoms with Crippen LogP contribution < -0.4 is 17.2 Å². The molecular formula is C9H12FN3OS. The zero-order chi connectivity index (χ0) is 11.4. The minimum Gasteiger partial charge on any atom is -0.399 e. The van der Waals surface area contributed by atoms with Crippen molar-refractivity contribution in [2.75, 3.05) is 11.5 Å². The van der Waals surface area contributed by atoms with Crippen molar-refractivity contribution in [1.82, 2.24) is 0 Å². The van der Waals surface area contributed by atoms with Crippen molar-refractivity contribution in [2.24, 2.45) is 11.5 Å². The number of nitrogens with two attached hydrogens (primary N) is 3. The van der Waals surface area contributed by atoms with Crippen molar-refractivity contribution in [3.63, 3.8) is 0 Å². The van der Waals surface area contributed by atoms with E-state index in [9.17, 15) is 9.18 Å². The molecule has 0 aliphatic rings. The van der Waals surface area contributed by atoms with Crippen LogP contribution in [0.5, 0.6) is 0 Å². The summed E-state index contributed by atoms with van der Waals surface area (Å²) >= 11 is 1.14. The summed E-state index contributed by atoms with van der Waals surface area (Å²) in [6.45, 7) is 0. The molecule has 0 bridgehead atoms. The number of halogens is 1. The molecule has 6 N–H and O–H groups in total. The van der Waals surface area contributed by atoms with Crippen LogP contribution >= 0.6 is 11.8 Å². The summed E-state index contributed by atoms with van der Waals surface area (Å²) in [4.78, 5) is 11.0. The number of thioether (sulfide) groups is 1. The Morgan fingerprint density at radius 2 is 2.20 bits per heavy atom. The van der Waals surface area contributed by atoms with E-state index in [-0.39, 0.29) is 5.75 Å². The van der Waals surface area contributed by atoms with E-state index in [2.05, 4.69) is 0 Å². The molecule has 6 heteroatoms. The lowest BCUT2D eigenvalue weighted by Gasteiger charge is -2.07. The first-order chi connectivity index (χ1) is 7.00. The van der Waals surface area contributed by atoms with Crippen LogP contribution in [0.25, 0.3) is 0 Å². The molecule has 0 saturated heterocycles. The van der Waals surface area contributed by atoms with Gasteiger partial charge in [0.05, 0.1) is 6.04 Å². The highest BCUT2D eigenvalue weighted by atomic mass is 32.2. The van der Waals surface area contributed by atoms with E-state index in [4.69, 9.17) is 17.2 Å². The van der Waals surface area contributed by atoms with Gasteiger partial charge in [-0.1, -0.05) is 0 Å². The van der Waals surface area contributed by atoms with Gasteiger partial charge in [-0.25, -0.2) is 4.39 Å². The first-order valence-electron chi connectivity index (χ1n) is 4.23. The number of amides is 1. The molecule has 1 rings (SSSR count). The van der Waals surface area contributed by atoms with Crippen molar-refractivity contribution in [1.29, 1.82) is 0 Å². The number of anilines is 1. The second-order valence-electron chi connectivity index (χ2n) is 3.01. The Balaban J connectivity index is 2.62. The summed E-state index contributed by atoms with van der Waals surface area (Å²) in [5.41, 5.74) is 16.1. The smallest absolute Gasteiger partial charge is 0.235 e. The van der Waals surface area contributed by atoms with Crippen molar-refractivity contribution >= 4 is 23.4 Å². The molecule has 0 heterocycles. The highest BCUT2D eigenvalue weighted by molar-refractivity contribution is 7.99. The third-order valence-corrected chi connectivity index (χ3v) is 2.91. The Morgan fingerprint density at radius 3 is 2.73 bits per heavy atom. The van der Waals surface area contributed by atoms with Crippen molar-refractivity contribution in [3.05, 3.63) is 24.0 Å². The van der Waals surface area contributed by atoms with Gasteiger partial charge in [-0.15, -0.1) is 11.8 Å². The maximum atomic E-state index is 13.2. The Labute approximate surface area is 91.0 Å². The van der Waals surface area contributed by atoms with E-state index in [1.165, 1.54) is 6.07 Å². The molecule has 0 radical (unpaired) electrons. The van der Waals surface area contributed by atoms with Gasteiger partial charge in [0.1, 0.15) is 5.82 Å². The second-order valence-corrected chi connectivity index (χ2v) is 4.07. The van der Waals surface area contributed by atoms with Crippen molar-refractivity contribution < 1.29 is 9.18 Å². The molecule has 1 aromatic carbocycles. The van der Waals surface area contributed by atoms with Crippen molar-refractivity contribution in [2.45, 2.75) is 10.9 Å². The molecule has 0 aliphatic carbocycles. The van der Waals surface area contributed by atoms with E-state index in [1.807, 2.05) is 0 Å². The van der Waals surface area contributed by atoms with Crippen LogP contribution in [0.3, 0.4) is 0 Å². The van der Waals surface area contributed by atoms with E-state index in [0.717, 1.165) is 11.8 Å². The Morgan fingerprint density at radius 1 is 1.53 bits per heavy atom. The van der Waals surface area contributed by atoms with Gasteiger partial charge in [-0.05, 0) is 18.2 Å². The lowest BCUT2D eigenvalue weighted by molar-refractivity contribution is -0.118. The Hall–Kier alpha value is -1.27. The predicted molar refractivity (Wildman–Crippen MR) is 58.7 cm³/mol. The Bertz CT molecular complexity index is 372. The summed E-state index contributed by atoms with van der Waals surface area (Å²) in [6, 6.07) is 3.58. The summed E-state index contributed by atoms with van der Waals surface area (Å²) < 4.78 is 13.2. The number of rotatable bonds is 4. The van der Waals surface area contributed by atoms with Gasteiger partial charge in [-0.2, -0.15) is 0 Å². The summed E-state index contributed by atoms with van der Waals surface area (Å²) in [5.74, 6) is -0.772. The van der Waals surface area contributed by atoms with Crippen LogP contribution in [0.1, 0.15) is 0 Å². The molecule has 0 saturated carbocycles. The van der Waals surface area contributed by atoms with Crippen LogP contribution in [0.2, 0.25) is 0 Å². The molecule has 4 nitrogen and oxygen atoms in total. The minimum absolute atomic E-state index is 0.246. The van der Waals surface area contributed by atoms with E-state index in [0.29, 0.717) is 10.6 Å². The van der Waals surface area contributed by atoms with E-state index in [1.54, 1.807) is 12.1 Å². The molecule has 0 aliphatic heterocycles. The molecule has 1 aromatic rings. The molecule has 0 aromatic heterocycles. The first-order valence-corrected chi connectivity index (χ1v) is 5.22. The average molecular weight is 229 g/mol. The molecule has 0 spiro atoms. The SMILES string of the molecule is NC(=O)C(N)CSc1ccc(N)cc1F. The zero-order valence-electron chi connectivity index (χ0n) is 7.94. The predicted octanol–water partition coefficient (Wildman–Crippen LogP) is 0.313. The second kappa shape index (κ2) is 4.99. The Kier molecular flexibility index (Phi) is 3.93. The first kappa shape index (κ1) is 11.8. The van der Waals surface area contributed by atoms with Crippen LogP contribution in [0.4, 0.5) is 10.1 Å². The highest BCUT2D eigenvalue weighted by Gasteiger charge is 2.11. The van der Waals surface area contributed by atoms with Gasteiger partial charge in [-0.3, -0.25) is 4.79 Å². The number of carbonyl (C=O) groups excluding carboxylic acids is 1. The lowest BCUT2D eigenvalue weighted by Crippen LogP contribution is -2.38. The topological polar surface area (TPSA) is 95.1 Å². The zero-order valence-corrected chi connectivity index (χ0v) is 8.76. The summed E-state index contributed by atoms with van der Waals surface area (Å²) in [5, 5.41) is 0. The van der Waals surface area contributed by atoms with E-state index >= 15 is 0 Å². The number of hydrogen-bond acceptors (Lipinski definition) is 4. The van der Waals surface area contributed by atoms with Gasteiger partial charge >= 0.3 is 0 Å². The molecule has 1 amide bonds. The van der Waals surface area contributed by atoms with Crippen LogP contribution in [-0.2, 0) is 4.79 Å². The van der Waals surface area contributed by atoms with Gasteiger partial charge in [0.15, 0.2) is 0 Å². The third kappa shape index (κ3) is 3.41. The molecule has 1 atom stereocenters. The number of primary amides is 1. The fourth-order valence-electron chi connectivity index (χ4n) is 0.896. The largest absolute Gasteiger partial charge is 0.399 e. The highest BCUT2D eigenvalue weighted by Crippen LogP contribution is 2.23. The number of hydrogen-bond donors (Lipinski definition) is 3. The minimum atomic E-state index is -0.771. The fraction of sp³-hybridized carbons (Fsp3) is 0.222. The van der Waals surface area contributed by atoms with Gasteiger partial charge < -0.3 is 17.2 Å². The molecular weight excluding hydrogens is 217 g/mol. The molecule has 0 fully saturated rings. The lowest BCUT2D eigenvalue weighted by atomic mass is 10.3. The van der Waals surface area contributed by atoms with Gasteiger partial charge in [0, 0.05) is 16.3 Å². The van der Waals surface area contributed by atoms with E-state index < -0.39 is 17.8 Å². The van der Waals surface area contributed by atoms with Crippen molar-refractivity contribution in [3.8, 4) is 0 Å². The third-order valence-electron chi connectivity index (χ3n) is 1.74. The number of benzene rings is 1. The standard InChI is InChI=1S/C9H12FN3OS/c10-6-3-5(11)1-2-8(6)15-4-7(12)9(13)14/h1-3,7H,4,11-12H2,(H2,13,14). The monoisotopic (exact) mass is 229 g/mol. The summed E-state index contributed by atoms with van der Waals surface area (Å²) in [7, 11) is 0. The number of nitrogen functional groups attached to an aromatic ring is 1. The maximum Gasteiger partial charge on any atom is 0.235 e. The number of carbonyl (C=O) groups is 1. The molecule has 82 valence electrons. The van der Waals surface area contributed by atoms with Gasteiger partial charge in [0.25, 0.3) is 0 Å².